The zero-order valence-corrected chi connectivity index (χ0v) is 15.3. The Hall–Kier alpha value is -3.17. The summed E-state index contributed by atoms with van der Waals surface area (Å²) in [6.07, 6.45) is 2.31. The second-order valence-electron chi connectivity index (χ2n) is 5.78. The first-order chi connectivity index (χ1) is 13.2. The molecule has 1 aliphatic heterocycles. The highest BCUT2D eigenvalue weighted by Gasteiger charge is 2.35. The Morgan fingerprint density at radius 2 is 1.26 bits per heavy atom. The molecule has 0 N–H and O–H groups in total. The van der Waals surface area contributed by atoms with Crippen molar-refractivity contribution in [3.8, 4) is 17.2 Å². The Balaban J connectivity index is 1.58. The van der Waals surface area contributed by atoms with E-state index in [0.717, 1.165) is 5.56 Å². The average molecular weight is 380 g/mol. The number of ether oxygens (including phenoxy) is 1. The van der Waals surface area contributed by atoms with Crippen molar-refractivity contribution >= 4 is 7.82 Å². The summed E-state index contributed by atoms with van der Waals surface area (Å²) in [5.74, 6) is 1.48. The summed E-state index contributed by atoms with van der Waals surface area (Å²) < 4.78 is 35.8. The van der Waals surface area contributed by atoms with E-state index in [1.165, 1.54) is 0 Å². The van der Waals surface area contributed by atoms with Crippen LogP contribution in [-0.2, 0) is 15.5 Å². The number of phosphoric acid groups is 1. The van der Waals surface area contributed by atoms with Gasteiger partial charge in [0.05, 0.1) is 0 Å². The SMILES string of the molecule is O=P(OC1=CCc2ccccc2O1)(Oc1ccccc1)Oc1ccccc1. The summed E-state index contributed by atoms with van der Waals surface area (Å²) in [4.78, 5) is 0. The lowest BCUT2D eigenvalue weighted by Gasteiger charge is -2.23. The predicted octanol–water partition coefficient (Wildman–Crippen LogP) is 5.75. The van der Waals surface area contributed by atoms with Gasteiger partial charge < -0.3 is 18.3 Å². The maximum absolute atomic E-state index is 13.3. The highest BCUT2D eigenvalue weighted by Crippen LogP contribution is 2.52. The molecule has 6 heteroatoms. The maximum Gasteiger partial charge on any atom is 0.649 e. The molecule has 3 aromatic carbocycles. The number of hydrogen-bond donors (Lipinski definition) is 0. The molecule has 4 rings (SSSR count). The Labute approximate surface area is 157 Å². The fourth-order valence-electron chi connectivity index (χ4n) is 2.56. The minimum absolute atomic E-state index is 0.0869. The van der Waals surface area contributed by atoms with E-state index in [1.807, 2.05) is 36.4 Å². The highest BCUT2D eigenvalue weighted by molar-refractivity contribution is 7.49. The zero-order valence-electron chi connectivity index (χ0n) is 14.4. The number of phosphoric ester groups is 1. The van der Waals surface area contributed by atoms with Gasteiger partial charge in [0.2, 0.25) is 0 Å². The van der Waals surface area contributed by atoms with E-state index >= 15 is 0 Å². The van der Waals surface area contributed by atoms with Crippen LogP contribution < -0.4 is 13.8 Å². The lowest BCUT2D eigenvalue weighted by molar-refractivity contribution is 0.168. The molecule has 0 aliphatic carbocycles. The van der Waals surface area contributed by atoms with Gasteiger partial charge in [0.15, 0.2) is 0 Å². The molecule has 0 unspecified atom stereocenters. The first-order valence-corrected chi connectivity index (χ1v) is 9.91. The van der Waals surface area contributed by atoms with E-state index in [1.54, 1.807) is 54.6 Å². The van der Waals surface area contributed by atoms with Crippen LogP contribution in [0.15, 0.2) is 97.0 Å². The number of rotatable bonds is 6. The van der Waals surface area contributed by atoms with E-state index in [0.29, 0.717) is 23.7 Å². The minimum Gasteiger partial charge on any atom is -0.426 e. The van der Waals surface area contributed by atoms with Gasteiger partial charge in [0, 0.05) is 12.5 Å². The van der Waals surface area contributed by atoms with Crippen LogP contribution in [-0.4, -0.2) is 0 Å². The number of benzene rings is 3. The number of para-hydroxylation sites is 3. The van der Waals surface area contributed by atoms with E-state index < -0.39 is 7.82 Å². The lowest BCUT2D eigenvalue weighted by atomic mass is 10.1. The van der Waals surface area contributed by atoms with Gasteiger partial charge in [-0.15, -0.1) is 0 Å². The molecule has 0 saturated carbocycles. The molecule has 0 fully saturated rings. The number of hydrogen-bond acceptors (Lipinski definition) is 5. The summed E-state index contributed by atoms with van der Waals surface area (Å²) in [6, 6.07) is 25.0. The molecular weight excluding hydrogens is 363 g/mol. The van der Waals surface area contributed by atoms with E-state index in [2.05, 4.69) is 0 Å². The van der Waals surface area contributed by atoms with Crippen molar-refractivity contribution in [3.63, 3.8) is 0 Å². The number of allylic oxidation sites excluding steroid dienone is 1. The summed E-state index contributed by atoms with van der Waals surface area (Å²) in [7, 11) is -4.04. The predicted molar refractivity (Wildman–Crippen MR) is 102 cm³/mol. The standard InChI is InChI=1S/C21H17O5P/c22-27(24-18-10-3-1-4-11-18,25-19-12-5-2-6-13-19)26-21-16-15-17-9-7-8-14-20(17)23-21/h1-14,16H,15H2. The van der Waals surface area contributed by atoms with Gasteiger partial charge >= 0.3 is 7.82 Å². The van der Waals surface area contributed by atoms with Gasteiger partial charge in [-0.05, 0) is 35.9 Å². The van der Waals surface area contributed by atoms with Crippen molar-refractivity contribution < 1.29 is 22.9 Å². The van der Waals surface area contributed by atoms with Crippen molar-refractivity contribution in [2.45, 2.75) is 6.42 Å². The first-order valence-electron chi connectivity index (χ1n) is 8.45. The quantitative estimate of drug-likeness (QED) is 0.510. The van der Waals surface area contributed by atoms with Crippen LogP contribution in [0.1, 0.15) is 5.56 Å². The summed E-state index contributed by atoms with van der Waals surface area (Å²) in [5.41, 5.74) is 1.02. The Kier molecular flexibility index (Phi) is 4.86. The molecule has 0 spiro atoms. The van der Waals surface area contributed by atoms with Gasteiger partial charge in [-0.2, -0.15) is 4.57 Å². The molecular formula is C21H17O5P. The van der Waals surface area contributed by atoms with Crippen molar-refractivity contribution in [1.29, 1.82) is 0 Å². The monoisotopic (exact) mass is 380 g/mol. The molecule has 0 bridgehead atoms. The summed E-state index contributed by atoms with van der Waals surface area (Å²) in [5, 5.41) is 0. The molecule has 0 aromatic heterocycles. The summed E-state index contributed by atoms with van der Waals surface area (Å²) >= 11 is 0. The molecule has 5 nitrogen and oxygen atoms in total. The van der Waals surface area contributed by atoms with Gasteiger partial charge in [-0.1, -0.05) is 54.6 Å². The molecule has 1 aliphatic rings. The Bertz CT molecular complexity index is 940. The molecule has 3 aromatic rings. The Morgan fingerprint density at radius 3 is 1.89 bits per heavy atom. The third kappa shape index (κ3) is 4.33. The molecule has 27 heavy (non-hydrogen) atoms. The van der Waals surface area contributed by atoms with Crippen LogP contribution in [0.25, 0.3) is 0 Å². The van der Waals surface area contributed by atoms with E-state index in [4.69, 9.17) is 18.3 Å². The maximum atomic E-state index is 13.3. The molecule has 0 saturated heterocycles. The molecule has 0 atom stereocenters. The van der Waals surface area contributed by atoms with Crippen LogP contribution >= 0.6 is 7.82 Å². The van der Waals surface area contributed by atoms with E-state index in [-0.39, 0.29) is 5.95 Å². The fraction of sp³-hybridized carbons (Fsp3) is 0.0476. The van der Waals surface area contributed by atoms with Gasteiger partial charge in [-0.25, -0.2) is 0 Å². The van der Waals surface area contributed by atoms with Crippen molar-refractivity contribution in [1.82, 2.24) is 0 Å². The first kappa shape index (κ1) is 17.3. The van der Waals surface area contributed by atoms with Crippen LogP contribution in [0.4, 0.5) is 0 Å². The fourth-order valence-corrected chi connectivity index (χ4v) is 3.76. The van der Waals surface area contributed by atoms with Crippen LogP contribution in [0.5, 0.6) is 17.2 Å². The Morgan fingerprint density at radius 1 is 0.704 bits per heavy atom. The third-order valence-corrected chi connectivity index (χ3v) is 5.07. The topological polar surface area (TPSA) is 54.0 Å². The van der Waals surface area contributed by atoms with Gasteiger partial charge in [-0.3, -0.25) is 0 Å². The van der Waals surface area contributed by atoms with Crippen LogP contribution in [0, 0.1) is 0 Å². The third-order valence-electron chi connectivity index (χ3n) is 3.79. The number of fused-ring (bicyclic) bond motifs is 1. The lowest BCUT2D eigenvalue weighted by Crippen LogP contribution is -2.11. The van der Waals surface area contributed by atoms with Crippen LogP contribution in [0.2, 0.25) is 0 Å². The normalized spacial score (nSPS) is 13.0. The zero-order chi connectivity index (χ0) is 18.5. The molecule has 0 amide bonds. The summed E-state index contributed by atoms with van der Waals surface area (Å²) in [6.45, 7) is 0. The second-order valence-corrected chi connectivity index (χ2v) is 7.23. The van der Waals surface area contributed by atoms with Crippen molar-refractivity contribution in [3.05, 3.63) is 103 Å². The van der Waals surface area contributed by atoms with E-state index in [9.17, 15) is 4.57 Å². The van der Waals surface area contributed by atoms with Gasteiger partial charge in [0.25, 0.3) is 5.95 Å². The molecule has 136 valence electrons. The van der Waals surface area contributed by atoms with Crippen molar-refractivity contribution in [2.24, 2.45) is 0 Å². The largest absolute Gasteiger partial charge is 0.649 e. The second kappa shape index (κ2) is 7.60. The average Bonchev–Trinajstić information content (AvgIpc) is 2.69. The van der Waals surface area contributed by atoms with Crippen LogP contribution in [0.3, 0.4) is 0 Å². The minimum atomic E-state index is -4.04. The molecule has 1 heterocycles. The van der Waals surface area contributed by atoms with Crippen molar-refractivity contribution in [2.75, 3.05) is 0 Å². The highest BCUT2D eigenvalue weighted by atomic mass is 31.2. The smallest absolute Gasteiger partial charge is 0.426 e. The van der Waals surface area contributed by atoms with Gasteiger partial charge in [0.1, 0.15) is 17.2 Å². The molecule has 0 radical (unpaired) electrons.